The van der Waals surface area contributed by atoms with E-state index in [1.165, 1.54) is 12.1 Å². The number of aliphatic imine (C=N–C) groups is 1. The van der Waals surface area contributed by atoms with Crippen LogP contribution in [0.15, 0.2) is 47.7 Å². The van der Waals surface area contributed by atoms with Crippen LogP contribution in [0.4, 0.5) is 10.3 Å². The summed E-state index contributed by atoms with van der Waals surface area (Å²) >= 11 is 0. The molecule has 1 aromatic heterocycles. The zero-order chi connectivity index (χ0) is 21.2. The number of aromatic nitrogens is 2. The molecule has 2 N–H and O–H groups in total. The van der Waals surface area contributed by atoms with Gasteiger partial charge in [0.15, 0.2) is 5.96 Å². The number of benzene rings is 1. The van der Waals surface area contributed by atoms with Gasteiger partial charge in [-0.05, 0) is 30.2 Å². The molecule has 1 amide bonds. The van der Waals surface area contributed by atoms with Crippen LogP contribution in [-0.4, -0.2) is 73.1 Å². The van der Waals surface area contributed by atoms with E-state index in [0.717, 1.165) is 25.1 Å². The van der Waals surface area contributed by atoms with Crippen LogP contribution in [0.3, 0.4) is 0 Å². The zero-order valence-corrected chi connectivity index (χ0v) is 20.0. The Labute approximate surface area is 199 Å². The molecule has 0 bridgehead atoms. The van der Waals surface area contributed by atoms with Crippen molar-refractivity contribution in [3.05, 3.63) is 54.1 Å². The molecule has 3 rings (SSSR count). The highest BCUT2D eigenvalue weighted by molar-refractivity contribution is 14.0. The maximum Gasteiger partial charge on any atom is 0.225 e. The van der Waals surface area contributed by atoms with Gasteiger partial charge in [-0.1, -0.05) is 12.1 Å². The van der Waals surface area contributed by atoms with Gasteiger partial charge in [0, 0.05) is 65.1 Å². The third-order valence-electron chi connectivity index (χ3n) is 4.94. The number of carbonyl (C=O) groups is 1. The van der Waals surface area contributed by atoms with Crippen LogP contribution >= 0.6 is 24.0 Å². The quantitative estimate of drug-likeness (QED) is 0.316. The predicted molar refractivity (Wildman–Crippen MR) is 130 cm³/mol. The Balaban J connectivity index is 0.00000341. The second-order valence-corrected chi connectivity index (χ2v) is 6.97. The molecule has 10 heteroatoms. The molecule has 2 heterocycles. The molecule has 0 unspecified atom stereocenters. The fraction of sp³-hybridized carbons (Fsp3) is 0.429. The first-order valence-electron chi connectivity index (χ1n) is 10.1. The minimum Gasteiger partial charge on any atom is -0.356 e. The summed E-state index contributed by atoms with van der Waals surface area (Å²) in [5, 5.41) is 6.38. The highest BCUT2D eigenvalue weighted by Gasteiger charge is 2.22. The van der Waals surface area contributed by atoms with E-state index in [1.807, 2.05) is 4.90 Å². The van der Waals surface area contributed by atoms with E-state index >= 15 is 0 Å². The standard InChI is InChI=1S/C21H28FN7O.HI/c1-23-20(24-11-7-17-3-5-18(22)6-4-17)25-12-8-19(30)28-13-15-29(16-14-28)21-26-9-2-10-27-21;/h2-6,9-10H,7-8,11-16H2,1H3,(H2,23,24,25);1H. The molecule has 0 spiro atoms. The number of rotatable bonds is 7. The summed E-state index contributed by atoms with van der Waals surface area (Å²) in [4.78, 5) is 29.2. The van der Waals surface area contributed by atoms with E-state index in [2.05, 4.69) is 30.5 Å². The molecule has 0 radical (unpaired) electrons. The van der Waals surface area contributed by atoms with Crippen LogP contribution < -0.4 is 15.5 Å². The molecule has 2 aromatic rings. The van der Waals surface area contributed by atoms with E-state index in [4.69, 9.17) is 0 Å². The average molecular weight is 541 g/mol. The third-order valence-corrected chi connectivity index (χ3v) is 4.94. The molecule has 1 aliphatic rings. The Kier molecular flexibility index (Phi) is 10.4. The van der Waals surface area contributed by atoms with Gasteiger partial charge in [0.1, 0.15) is 5.82 Å². The van der Waals surface area contributed by atoms with Crippen molar-refractivity contribution >= 4 is 41.8 Å². The summed E-state index contributed by atoms with van der Waals surface area (Å²) < 4.78 is 12.9. The second kappa shape index (κ2) is 13.0. The summed E-state index contributed by atoms with van der Waals surface area (Å²) in [5.74, 6) is 1.25. The topological polar surface area (TPSA) is 85.8 Å². The van der Waals surface area contributed by atoms with Crippen LogP contribution in [0.2, 0.25) is 0 Å². The number of anilines is 1. The van der Waals surface area contributed by atoms with Crippen molar-refractivity contribution in [2.24, 2.45) is 4.99 Å². The van der Waals surface area contributed by atoms with Gasteiger partial charge >= 0.3 is 0 Å². The Morgan fingerprint density at radius 1 is 1.06 bits per heavy atom. The van der Waals surface area contributed by atoms with Gasteiger partial charge in [-0.3, -0.25) is 9.79 Å². The number of nitrogens with one attached hydrogen (secondary N) is 2. The molecule has 0 atom stereocenters. The largest absolute Gasteiger partial charge is 0.356 e. The maximum atomic E-state index is 12.9. The van der Waals surface area contributed by atoms with E-state index in [-0.39, 0.29) is 35.7 Å². The lowest BCUT2D eigenvalue weighted by Gasteiger charge is -2.34. The van der Waals surface area contributed by atoms with Crippen LogP contribution in [-0.2, 0) is 11.2 Å². The SMILES string of the molecule is CN=C(NCCC(=O)N1CCN(c2ncccn2)CC1)NCCc1ccc(F)cc1.I. The van der Waals surface area contributed by atoms with Gasteiger partial charge in [0.05, 0.1) is 0 Å². The first-order valence-corrected chi connectivity index (χ1v) is 10.1. The molecule has 168 valence electrons. The van der Waals surface area contributed by atoms with Gasteiger partial charge in [0.25, 0.3) is 0 Å². The molecule has 1 saturated heterocycles. The Morgan fingerprint density at radius 2 is 1.71 bits per heavy atom. The highest BCUT2D eigenvalue weighted by Crippen LogP contribution is 2.10. The van der Waals surface area contributed by atoms with Crippen LogP contribution in [0.1, 0.15) is 12.0 Å². The number of guanidine groups is 1. The first kappa shape index (κ1) is 24.8. The summed E-state index contributed by atoms with van der Waals surface area (Å²) in [6.07, 6.45) is 4.62. The fourth-order valence-electron chi connectivity index (χ4n) is 3.25. The number of amides is 1. The second-order valence-electron chi connectivity index (χ2n) is 6.97. The molecule has 1 fully saturated rings. The smallest absolute Gasteiger partial charge is 0.225 e. The van der Waals surface area contributed by atoms with Gasteiger partial charge in [-0.2, -0.15) is 0 Å². The van der Waals surface area contributed by atoms with Gasteiger partial charge in [-0.25, -0.2) is 14.4 Å². The normalized spacial score (nSPS) is 14.1. The summed E-state index contributed by atoms with van der Waals surface area (Å²) in [5.41, 5.74) is 1.05. The first-order chi connectivity index (χ1) is 14.7. The molecule has 1 aliphatic heterocycles. The van der Waals surface area contributed by atoms with Crippen molar-refractivity contribution in [1.82, 2.24) is 25.5 Å². The molecular weight excluding hydrogens is 512 g/mol. The highest BCUT2D eigenvalue weighted by atomic mass is 127. The minimum absolute atomic E-state index is 0. The number of carbonyl (C=O) groups excluding carboxylic acids is 1. The summed E-state index contributed by atoms with van der Waals surface area (Å²) in [6, 6.07) is 8.26. The van der Waals surface area contributed by atoms with Crippen LogP contribution in [0.5, 0.6) is 0 Å². The van der Waals surface area contributed by atoms with Crippen molar-refractivity contribution in [2.75, 3.05) is 51.2 Å². The van der Waals surface area contributed by atoms with Crippen molar-refractivity contribution < 1.29 is 9.18 Å². The molecule has 0 saturated carbocycles. The third kappa shape index (κ3) is 7.93. The molecule has 8 nitrogen and oxygen atoms in total. The number of halogens is 2. The van der Waals surface area contributed by atoms with Crippen molar-refractivity contribution in [3.8, 4) is 0 Å². The van der Waals surface area contributed by atoms with Crippen LogP contribution in [0, 0.1) is 5.82 Å². The van der Waals surface area contributed by atoms with E-state index < -0.39 is 0 Å². The van der Waals surface area contributed by atoms with Crippen molar-refractivity contribution in [3.63, 3.8) is 0 Å². The number of nitrogens with zero attached hydrogens (tertiary/aromatic N) is 5. The zero-order valence-electron chi connectivity index (χ0n) is 17.6. The molecule has 1 aromatic carbocycles. The molecular formula is C21H29FIN7O. The lowest BCUT2D eigenvalue weighted by molar-refractivity contribution is -0.131. The minimum atomic E-state index is -0.233. The Hall–Kier alpha value is -2.50. The number of piperazine rings is 1. The maximum absolute atomic E-state index is 12.9. The van der Waals surface area contributed by atoms with Gasteiger partial charge < -0.3 is 20.4 Å². The molecule has 0 aliphatic carbocycles. The Bertz CT molecular complexity index is 827. The van der Waals surface area contributed by atoms with E-state index in [0.29, 0.717) is 44.5 Å². The Morgan fingerprint density at radius 3 is 2.35 bits per heavy atom. The summed E-state index contributed by atoms with van der Waals surface area (Å²) in [6.45, 7) is 3.98. The van der Waals surface area contributed by atoms with Crippen LogP contribution in [0.25, 0.3) is 0 Å². The van der Waals surface area contributed by atoms with Gasteiger partial charge in [0.2, 0.25) is 11.9 Å². The predicted octanol–water partition coefficient (Wildman–Crippen LogP) is 1.68. The van der Waals surface area contributed by atoms with E-state index in [9.17, 15) is 9.18 Å². The monoisotopic (exact) mass is 541 g/mol. The lowest BCUT2D eigenvalue weighted by atomic mass is 10.1. The van der Waals surface area contributed by atoms with Crippen molar-refractivity contribution in [1.29, 1.82) is 0 Å². The van der Waals surface area contributed by atoms with Gasteiger partial charge in [-0.15, -0.1) is 24.0 Å². The average Bonchev–Trinajstić information content (AvgIpc) is 2.80. The number of hydrogen-bond donors (Lipinski definition) is 2. The molecule has 31 heavy (non-hydrogen) atoms. The van der Waals surface area contributed by atoms with E-state index in [1.54, 1.807) is 37.6 Å². The lowest BCUT2D eigenvalue weighted by Crippen LogP contribution is -2.50. The summed E-state index contributed by atoms with van der Waals surface area (Å²) in [7, 11) is 1.69. The van der Waals surface area contributed by atoms with Crippen molar-refractivity contribution in [2.45, 2.75) is 12.8 Å². The number of hydrogen-bond acceptors (Lipinski definition) is 5. The fourth-order valence-corrected chi connectivity index (χ4v) is 3.25.